The van der Waals surface area contributed by atoms with Gasteiger partial charge in [0.2, 0.25) is 24.7 Å². The van der Waals surface area contributed by atoms with Crippen LogP contribution in [0.15, 0.2) is 12.7 Å². The molecule has 0 spiro atoms. The van der Waals surface area contributed by atoms with Crippen LogP contribution >= 0.6 is 0 Å². The second kappa shape index (κ2) is 20.9. The van der Waals surface area contributed by atoms with Crippen LogP contribution < -0.4 is 0 Å². The van der Waals surface area contributed by atoms with Crippen LogP contribution in [0.1, 0.15) is 33.4 Å². The molecule has 2 aromatic heterocycles. The number of carboxylic acid groups (broad SMARTS) is 2. The van der Waals surface area contributed by atoms with Gasteiger partial charge in [0, 0.05) is 63.9 Å². The van der Waals surface area contributed by atoms with E-state index >= 15 is 0 Å². The molecule has 22 nitrogen and oxygen atoms in total. The van der Waals surface area contributed by atoms with E-state index in [0.717, 1.165) is 21.8 Å². The topological polar surface area (TPSA) is 431 Å². The summed E-state index contributed by atoms with van der Waals surface area (Å²) in [7, 11) is 0. The molecule has 2 aliphatic rings. The van der Waals surface area contributed by atoms with Gasteiger partial charge in [-0.15, -0.1) is 0 Å². The monoisotopic (exact) mass is 758 g/mol. The van der Waals surface area contributed by atoms with Gasteiger partial charge in [-0.1, -0.05) is 0 Å². The Kier molecular flexibility index (Phi) is 24.6. The summed E-state index contributed by atoms with van der Waals surface area (Å²) in [6, 6.07) is 0. The molecular formula is C18H34Fe3N6O16. The Labute approximate surface area is 272 Å². The maximum atomic E-state index is 10.7. The predicted octanol–water partition coefficient (Wildman–Crippen LogP) is -6.53. The Bertz CT molecular complexity index is 1030. The molecule has 43 heavy (non-hydrogen) atoms. The van der Waals surface area contributed by atoms with Gasteiger partial charge in [0.05, 0.1) is 0 Å². The van der Waals surface area contributed by atoms with Crippen molar-refractivity contribution in [2.24, 2.45) is 0 Å². The van der Waals surface area contributed by atoms with Gasteiger partial charge >= 0.3 is 11.9 Å². The van der Waals surface area contributed by atoms with Crippen molar-refractivity contribution < 1.29 is 133 Å². The molecule has 256 valence electrons. The third-order valence-electron chi connectivity index (χ3n) is 5.72. The van der Waals surface area contributed by atoms with Crippen molar-refractivity contribution in [3.05, 3.63) is 35.5 Å². The van der Waals surface area contributed by atoms with E-state index in [0.29, 0.717) is 0 Å². The second-order valence-electron chi connectivity index (χ2n) is 7.90. The number of aliphatic hydroxyl groups is 10. The van der Waals surface area contributed by atoms with Gasteiger partial charge in [-0.3, -0.25) is 9.97 Å². The fourth-order valence-corrected chi connectivity index (χ4v) is 3.77. The maximum Gasteiger partial charge on any atom is 0.354 e. The number of hydrogen-bond acceptors (Lipinski definition) is 10. The number of rotatable bonds is 6. The summed E-state index contributed by atoms with van der Waals surface area (Å²) >= 11 is 0. The molecule has 20 N–H and O–H groups in total. The van der Waals surface area contributed by atoms with E-state index in [1.54, 1.807) is 0 Å². The Morgan fingerprint density at radius 2 is 0.953 bits per heavy atom. The summed E-state index contributed by atoms with van der Waals surface area (Å²) in [5.74, 6) is -3.54. The normalized spacial score (nSPS) is 26.6. The molecule has 4 heterocycles. The number of nitrogens with one attached hydrogen (secondary N) is 2. The molecule has 0 bridgehead atoms. The number of aliphatic hydroxyl groups excluding tert-OH is 6. The average Bonchev–Trinajstić information content (AvgIpc) is 3.55. The number of aromatic nitrogens is 4. The van der Waals surface area contributed by atoms with Crippen molar-refractivity contribution >= 4 is 23.6 Å². The van der Waals surface area contributed by atoms with Crippen molar-refractivity contribution in [2.45, 2.75) is 49.1 Å². The minimum atomic E-state index is -1.36. The minimum absolute atomic E-state index is 0. The molecule has 2 saturated heterocycles. The Hall–Kier alpha value is -1.96. The Balaban J connectivity index is -0.000000193. The molecule has 0 amide bonds. The summed E-state index contributed by atoms with van der Waals surface area (Å²) in [6.07, 6.45) is -6.78. The summed E-state index contributed by atoms with van der Waals surface area (Å²) in [5, 5.41) is 74.1. The van der Waals surface area contributed by atoms with Gasteiger partial charge in [0.1, 0.15) is 24.6 Å². The zero-order valence-corrected chi connectivity index (χ0v) is 24.6. The van der Waals surface area contributed by atoms with Crippen LogP contribution in [0.5, 0.6) is 0 Å². The number of imidazole rings is 2. The van der Waals surface area contributed by atoms with Crippen LogP contribution in [-0.4, -0.2) is 153 Å². The van der Waals surface area contributed by atoms with Crippen LogP contribution in [0.2, 0.25) is 0 Å². The van der Waals surface area contributed by atoms with Crippen molar-refractivity contribution in [3.63, 3.8) is 0 Å². The molecule has 0 aromatic carbocycles. The van der Waals surface area contributed by atoms with Crippen LogP contribution in [0.25, 0.3) is 11.5 Å². The fourth-order valence-electron chi connectivity index (χ4n) is 3.77. The third-order valence-corrected chi connectivity index (χ3v) is 5.72. The maximum absolute atomic E-state index is 10.7. The van der Waals surface area contributed by atoms with Crippen molar-refractivity contribution in [2.75, 3.05) is 13.2 Å². The van der Waals surface area contributed by atoms with Gasteiger partial charge in [-0.05, 0) is 11.6 Å². The molecule has 4 rings (SSSR count). The van der Waals surface area contributed by atoms with Gasteiger partial charge in [-0.2, -0.15) is 0 Å². The number of nitrogens with zero attached hydrogens (tertiary/aromatic N) is 4. The van der Waals surface area contributed by atoms with Gasteiger partial charge in [-0.25, -0.2) is 9.59 Å². The third kappa shape index (κ3) is 10.0. The molecule has 0 aliphatic carbocycles. The van der Waals surface area contributed by atoms with Crippen molar-refractivity contribution in [3.8, 4) is 0 Å². The number of aromatic carboxylic acids is 2. The van der Waals surface area contributed by atoms with Crippen molar-refractivity contribution in [1.29, 1.82) is 0 Å². The summed E-state index contributed by atoms with van der Waals surface area (Å²) in [6.45, 7) is -0.884. The first-order valence-corrected chi connectivity index (χ1v) is 10.3. The average molecular weight is 758 g/mol. The molecule has 8 atom stereocenters. The smallest absolute Gasteiger partial charge is 0.354 e. The van der Waals surface area contributed by atoms with E-state index < -0.39 is 97.3 Å². The largest absolute Gasteiger partial charge is 0.480 e. The molecule has 0 saturated carbocycles. The minimum Gasteiger partial charge on any atom is -0.480 e. The summed E-state index contributed by atoms with van der Waals surface area (Å²) < 4.78 is 9.96. The van der Waals surface area contributed by atoms with E-state index in [9.17, 15) is 30.0 Å². The molecule has 8 unspecified atom stereocenters. The van der Waals surface area contributed by atoms with Crippen LogP contribution in [-0.2, 0) is 51.2 Å². The summed E-state index contributed by atoms with van der Waals surface area (Å²) in [5.41, 5.74) is 14.3. The zero-order valence-electron chi connectivity index (χ0n) is 21.3. The molecule has 25 heteroatoms. The van der Waals surface area contributed by atoms with E-state index in [-0.39, 0.29) is 73.1 Å². The number of hydrogen-bond donors (Lipinski definition) is 8. The quantitative estimate of drug-likeness (QED) is 0.101. The van der Waals surface area contributed by atoms with Gasteiger partial charge in [0.15, 0.2) is 24.4 Å². The van der Waals surface area contributed by atoms with Crippen molar-refractivity contribution in [1.82, 2.24) is 19.1 Å². The number of carbonyl (C=O) groups is 2. The summed E-state index contributed by atoms with van der Waals surface area (Å²) in [4.78, 5) is 28.5. The number of carboxylic acids is 2. The van der Waals surface area contributed by atoms with Gasteiger partial charge < -0.3 is 92.8 Å². The van der Waals surface area contributed by atoms with Crippen LogP contribution in [0, 0.1) is 0 Å². The molecule has 2 aliphatic heterocycles. The Morgan fingerprint density at radius 3 is 1.14 bits per heavy atom. The van der Waals surface area contributed by atoms with E-state index in [1.807, 2.05) is 0 Å². The standard InChI is InChI=1S/2C9H12N3O6.3Fe.4H2O/c2*10-7-4(9(16)17)11-2-12(7)8-6(15)5(14)3(1-13)18-8;;;;;;;/h2*2-3,5-6,8,10,13-15H,1H2,(H,16,17);;;;4*1H2/q2*-1;;;;;;;/p+2. The van der Waals surface area contributed by atoms with E-state index in [1.165, 1.54) is 0 Å². The number of ether oxygens (including phenoxy) is 2. The fraction of sp³-hybridized carbons (Fsp3) is 0.556. The Morgan fingerprint density at radius 1 is 0.674 bits per heavy atom. The first-order valence-electron chi connectivity index (χ1n) is 10.3. The first kappa shape index (κ1) is 50.7. The van der Waals surface area contributed by atoms with E-state index in [4.69, 9.17) is 31.9 Å². The molecule has 2 fully saturated rings. The molecular weight excluding hydrogens is 724 g/mol. The van der Waals surface area contributed by atoms with E-state index in [2.05, 4.69) is 19.4 Å². The predicted molar refractivity (Wildman–Crippen MR) is 129 cm³/mol. The second-order valence-corrected chi connectivity index (χ2v) is 7.90. The zero-order chi connectivity index (χ0) is 26.9. The molecule has 0 radical (unpaired) electrons. The molecule has 2 aromatic rings. The van der Waals surface area contributed by atoms with Gasteiger partial charge in [0.25, 0.3) is 0 Å². The SMILES string of the molecule is O.O.O.O.[Fe].[Fe].[Fe].[NH-]c1c(C(=O)O)ncn1C1[OH+]C(CO)C(O)C1O.[NH-]c1c(C(=O)O)ncn1C1[OH+]C(CO)C(O)C1O. The first-order chi connectivity index (χ1) is 16.9. The van der Waals surface area contributed by atoms with Crippen LogP contribution in [0.4, 0.5) is 11.6 Å². The van der Waals surface area contributed by atoms with Crippen LogP contribution in [0.3, 0.4) is 0 Å².